The van der Waals surface area contributed by atoms with Crippen molar-refractivity contribution in [3.63, 3.8) is 0 Å². The largest absolute Gasteiger partial charge is 0.496 e. The highest BCUT2D eigenvalue weighted by atomic mass is 79.9. The number of rotatable bonds is 3. The Balaban J connectivity index is 2.45. The van der Waals surface area contributed by atoms with Gasteiger partial charge in [-0.25, -0.2) is 0 Å². The first kappa shape index (κ1) is 11.4. The molecule has 0 spiro atoms. The van der Waals surface area contributed by atoms with E-state index < -0.39 is 0 Å². The summed E-state index contributed by atoms with van der Waals surface area (Å²) < 4.78 is 11.6. The number of benzene rings is 1. The lowest BCUT2D eigenvalue weighted by molar-refractivity contribution is -0.0586. The van der Waals surface area contributed by atoms with Crippen LogP contribution in [0.4, 0.5) is 0 Å². The van der Waals surface area contributed by atoms with Crippen molar-refractivity contribution >= 4 is 15.9 Å². The van der Waals surface area contributed by atoms with Gasteiger partial charge in [0, 0.05) is 16.5 Å². The van der Waals surface area contributed by atoms with E-state index in [0.29, 0.717) is 19.6 Å². The third-order valence-electron chi connectivity index (χ3n) is 2.91. The molecule has 0 saturated carbocycles. The van der Waals surface area contributed by atoms with Crippen molar-refractivity contribution < 1.29 is 9.47 Å². The molecule has 0 N–H and O–H groups in total. The van der Waals surface area contributed by atoms with E-state index in [2.05, 4.69) is 22.0 Å². The summed E-state index contributed by atoms with van der Waals surface area (Å²) in [6, 6.07) is 8.09. The van der Waals surface area contributed by atoms with Crippen molar-refractivity contribution in [2.45, 2.75) is 11.8 Å². The first-order valence-corrected chi connectivity index (χ1v) is 5.80. The highest BCUT2D eigenvalue weighted by molar-refractivity contribution is 9.10. The summed E-state index contributed by atoms with van der Waals surface area (Å²) in [5.74, 6) is 0.821. The van der Waals surface area contributed by atoms with Gasteiger partial charge in [0.2, 0.25) is 0 Å². The number of nitriles is 1. The van der Waals surface area contributed by atoms with Gasteiger partial charge < -0.3 is 9.47 Å². The molecule has 2 rings (SSSR count). The van der Waals surface area contributed by atoms with Gasteiger partial charge >= 0.3 is 0 Å². The average molecular weight is 282 g/mol. The molecular formula is C12H12BrNO2. The van der Waals surface area contributed by atoms with Gasteiger partial charge in [-0.15, -0.1) is 0 Å². The molecule has 0 aromatic heterocycles. The van der Waals surface area contributed by atoms with Gasteiger partial charge in [-0.05, 0) is 18.2 Å². The summed E-state index contributed by atoms with van der Waals surface area (Å²) in [5, 5.41) is 8.90. The predicted molar refractivity (Wildman–Crippen MR) is 63.4 cm³/mol. The van der Waals surface area contributed by atoms with E-state index in [-0.39, 0.29) is 5.41 Å². The normalized spacial score (nSPS) is 17.3. The standard InChI is InChI=1S/C12H12BrNO2/c1-15-11-3-2-9(13)6-10(11)12(4-5-14)7-16-8-12/h2-3,6H,4,7-8H2,1H3. The van der Waals surface area contributed by atoms with Crippen LogP contribution >= 0.6 is 15.9 Å². The van der Waals surface area contributed by atoms with Crippen molar-refractivity contribution in [1.29, 1.82) is 5.26 Å². The van der Waals surface area contributed by atoms with E-state index in [0.717, 1.165) is 15.8 Å². The fourth-order valence-electron chi connectivity index (χ4n) is 1.95. The number of halogens is 1. The first-order valence-electron chi connectivity index (χ1n) is 5.00. The van der Waals surface area contributed by atoms with Crippen molar-refractivity contribution in [3.8, 4) is 11.8 Å². The maximum absolute atomic E-state index is 8.90. The van der Waals surface area contributed by atoms with Crippen LogP contribution in [0.15, 0.2) is 22.7 Å². The van der Waals surface area contributed by atoms with E-state index in [1.165, 1.54) is 0 Å². The molecule has 0 bridgehead atoms. The molecule has 16 heavy (non-hydrogen) atoms. The topological polar surface area (TPSA) is 42.2 Å². The van der Waals surface area contributed by atoms with Gasteiger partial charge in [-0.3, -0.25) is 0 Å². The van der Waals surface area contributed by atoms with Crippen LogP contribution in [0, 0.1) is 11.3 Å². The molecule has 4 heteroatoms. The fourth-order valence-corrected chi connectivity index (χ4v) is 2.31. The third-order valence-corrected chi connectivity index (χ3v) is 3.40. The number of hydrogen-bond acceptors (Lipinski definition) is 3. The van der Waals surface area contributed by atoms with Gasteiger partial charge in [0.1, 0.15) is 5.75 Å². The van der Waals surface area contributed by atoms with Gasteiger partial charge in [0.25, 0.3) is 0 Å². The lowest BCUT2D eigenvalue weighted by atomic mass is 9.76. The fraction of sp³-hybridized carbons (Fsp3) is 0.417. The summed E-state index contributed by atoms with van der Waals surface area (Å²) in [7, 11) is 1.65. The Morgan fingerprint density at radius 1 is 1.56 bits per heavy atom. The van der Waals surface area contributed by atoms with E-state index in [4.69, 9.17) is 14.7 Å². The summed E-state index contributed by atoms with van der Waals surface area (Å²) in [4.78, 5) is 0. The minimum atomic E-state index is -0.191. The Labute approximate surface area is 103 Å². The molecule has 1 heterocycles. The molecule has 1 aliphatic rings. The number of ether oxygens (including phenoxy) is 2. The van der Waals surface area contributed by atoms with Crippen LogP contribution in [0.5, 0.6) is 5.75 Å². The van der Waals surface area contributed by atoms with Crippen molar-refractivity contribution in [2.75, 3.05) is 20.3 Å². The molecule has 1 saturated heterocycles. The van der Waals surface area contributed by atoms with E-state index >= 15 is 0 Å². The van der Waals surface area contributed by atoms with Gasteiger partial charge in [-0.2, -0.15) is 5.26 Å². The van der Waals surface area contributed by atoms with Crippen LogP contribution in [-0.4, -0.2) is 20.3 Å². The molecule has 1 aromatic carbocycles. The first-order chi connectivity index (χ1) is 7.72. The molecule has 84 valence electrons. The molecule has 3 nitrogen and oxygen atoms in total. The Bertz CT molecular complexity index is 435. The minimum Gasteiger partial charge on any atom is -0.496 e. The molecule has 1 aromatic rings. The van der Waals surface area contributed by atoms with Crippen LogP contribution in [0.1, 0.15) is 12.0 Å². The Kier molecular flexibility index (Phi) is 3.17. The number of hydrogen-bond donors (Lipinski definition) is 0. The SMILES string of the molecule is COc1ccc(Br)cc1C1(CC#N)COC1. The smallest absolute Gasteiger partial charge is 0.122 e. The van der Waals surface area contributed by atoms with Gasteiger partial charge in [-0.1, -0.05) is 15.9 Å². The maximum atomic E-state index is 8.90. The summed E-state index contributed by atoms with van der Waals surface area (Å²) in [5.41, 5.74) is 0.862. The van der Waals surface area contributed by atoms with Gasteiger partial charge in [0.15, 0.2) is 0 Å². The highest BCUT2D eigenvalue weighted by Crippen LogP contribution is 2.41. The second kappa shape index (κ2) is 4.44. The zero-order chi connectivity index (χ0) is 11.6. The van der Waals surface area contributed by atoms with Crippen LogP contribution in [-0.2, 0) is 10.2 Å². The van der Waals surface area contributed by atoms with Crippen LogP contribution < -0.4 is 4.74 Å². The zero-order valence-electron chi connectivity index (χ0n) is 9.00. The lowest BCUT2D eigenvalue weighted by Gasteiger charge is -2.40. The Morgan fingerprint density at radius 2 is 2.31 bits per heavy atom. The van der Waals surface area contributed by atoms with Crippen LogP contribution in [0.25, 0.3) is 0 Å². The summed E-state index contributed by atoms with van der Waals surface area (Å²) in [6.07, 6.45) is 0.458. The van der Waals surface area contributed by atoms with E-state index in [1.807, 2.05) is 18.2 Å². The maximum Gasteiger partial charge on any atom is 0.122 e. The van der Waals surface area contributed by atoms with Crippen LogP contribution in [0.2, 0.25) is 0 Å². The molecule has 0 aliphatic carbocycles. The zero-order valence-corrected chi connectivity index (χ0v) is 10.6. The second-order valence-corrected chi connectivity index (χ2v) is 4.87. The van der Waals surface area contributed by atoms with Crippen molar-refractivity contribution in [2.24, 2.45) is 0 Å². The summed E-state index contributed by atoms with van der Waals surface area (Å²) in [6.45, 7) is 1.18. The Morgan fingerprint density at radius 3 is 2.81 bits per heavy atom. The molecule has 1 fully saturated rings. The molecule has 0 amide bonds. The van der Waals surface area contributed by atoms with E-state index in [9.17, 15) is 0 Å². The third kappa shape index (κ3) is 1.81. The minimum absolute atomic E-state index is 0.191. The number of methoxy groups -OCH3 is 1. The average Bonchev–Trinajstić information content (AvgIpc) is 2.23. The van der Waals surface area contributed by atoms with Gasteiger partial charge in [0.05, 0.1) is 31.8 Å². The van der Waals surface area contributed by atoms with Crippen molar-refractivity contribution in [3.05, 3.63) is 28.2 Å². The number of nitrogens with zero attached hydrogens (tertiary/aromatic N) is 1. The highest BCUT2D eigenvalue weighted by Gasteiger charge is 2.42. The lowest BCUT2D eigenvalue weighted by Crippen LogP contribution is -2.46. The van der Waals surface area contributed by atoms with Crippen LogP contribution in [0.3, 0.4) is 0 Å². The summed E-state index contributed by atoms with van der Waals surface area (Å²) >= 11 is 3.44. The molecule has 0 radical (unpaired) electrons. The predicted octanol–water partition coefficient (Wildman–Crippen LogP) is 2.64. The quantitative estimate of drug-likeness (QED) is 0.855. The van der Waals surface area contributed by atoms with Crippen molar-refractivity contribution in [1.82, 2.24) is 0 Å². The molecule has 1 aliphatic heterocycles. The molecular weight excluding hydrogens is 270 g/mol. The van der Waals surface area contributed by atoms with E-state index in [1.54, 1.807) is 7.11 Å². The second-order valence-electron chi connectivity index (χ2n) is 3.95. The monoisotopic (exact) mass is 281 g/mol. The molecule has 0 atom stereocenters. The molecule has 0 unspecified atom stereocenters. The Hall–Kier alpha value is -1.05.